The lowest BCUT2D eigenvalue weighted by Crippen LogP contribution is -1.98. The molecule has 0 aliphatic rings. The molecule has 0 amide bonds. The van der Waals surface area contributed by atoms with Gasteiger partial charge in [0.1, 0.15) is 16.2 Å². The van der Waals surface area contributed by atoms with Gasteiger partial charge in [0.05, 0.1) is 7.11 Å². The van der Waals surface area contributed by atoms with E-state index in [0.717, 1.165) is 6.07 Å². The molecule has 6 heteroatoms. The van der Waals surface area contributed by atoms with Crippen LogP contribution in [0, 0.1) is 11.3 Å². The maximum absolute atomic E-state index is 12.5. The predicted molar refractivity (Wildman–Crippen MR) is 48.2 cm³/mol. The van der Waals surface area contributed by atoms with E-state index in [-0.39, 0.29) is 21.6 Å². The fourth-order valence-electron chi connectivity index (χ4n) is 0.941. The predicted octanol–water partition coefficient (Wildman–Crippen LogP) is 2.66. The summed E-state index contributed by atoms with van der Waals surface area (Å²) in [5, 5.41) is 8.65. The molecule has 0 fully saturated rings. The van der Waals surface area contributed by atoms with E-state index in [4.69, 9.17) is 10.00 Å². The topological polar surface area (TPSA) is 45.9 Å². The number of halogens is 3. The Labute approximate surface area is 87.5 Å². The number of methoxy groups -OCH3 is 1. The first-order valence-corrected chi connectivity index (χ1v) is 4.32. The molecule has 1 aromatic rings. The molecule has 3 nitrogen and oxygen atoms in total. The van der Waals surface area contributed by atoms with Crippen molar-refractivity contribution in [1.82, 2.24) is 4.98 Å². The lowest BCUT2D eigenvalue weighted by molar-refractivity contribution is 0.150. The van der Waals surface area contributed by atoms with Gasteiger partial charge in [-0.05, 0) is 22.0 Å². The van der Waals surface area contributed by atoms with Gasteiger partial charge >= 0.3 is 0 Å². The van der Waals surface area contributed by atoms with Gasteiger partial charge in [0.2, 0.25) is 5.88 Å². The van der Waals surface area contributed by atoms with Crippen molar-refractivity contribution in [3.05, 3.63) is 21.8 Å². The van der Waals surface area contributed by atoms with Crippen LogP contribution in [-0.4, -0.2) is 12.1 Å². The molecule has 0 aliphatic heterocycles. The highest BCUT2D eigenvalue weighted by molar-refractivity contribution is 9.10. The molecular weight excluding hydrogens is 258 g/mol. The van der Waals surface area contributed by atoms with Gasteiger partial charge < -0.3 is 4.74 Å². The van der Waals surface area contributed by atoms with Crippen molar-refractivity contribution in [3.63, 3.8) is 0 Å². The molecule has 0 aliphatic carbocycles. The normalized spacial score (nSPS) is 10.0. The van der Waals surface area contributed by atoms with Crippen molar-refractivity contribution in [2.45, 2.75) is 6.43 Å². The Morgan fingerprint density at radius 2 is 2.29 bits per heavy atom. The summed E-state index contributed by atoms with van der Waals surface area (Å²) in [5.41, 5.74) is -0.614. The number of nitrogens with zero attached hydrogens (tertiary/aromatic N) is 2. The number of hydrogen-bond donors (Lipinski definition) is 0. The van der Waals surface area contributed by atoms with Crippen molar-refractivity contribution >= 4 is 15.9 Å². The number of alkyl halides is 2. The molecule has 0 bridgehead atoms. The van der Waals surface area contributed by atoms with E-state index in [1.165, 1.54) is 7.11 Å². The average molecular weight is 263 g/mol. The van der Waals surface area contributed by atoms with Gasteiger partial charge in [0.15, 0.2) is 0 Å². The second-order valence-electron chi connectivity index (χ2n) is 2.33. The smallest absolute Gasteiger partial charge is 0.265 e. The number of aromatic nitrogens is 1. The number of rotatable bonds is 2. The molecule has 1 heterocycles. The Bertz CT molecular complexity index is 390. The molecular formula is C8H5BrF2N2O. The fourth-order valence-corrected chi connectivity index (χ4v) is 1.35. The van der Waals surface area contributed by atoms with Gasteiger partial charge in [-0.15, -0.1) is 0 Å². The highest BCUT2D eigenvalue weighted by Crippen LogP contribution is 2.30. The summed E-state index contributed by atoms with van der Waals surface area (Å²) in [6.45, 7) is 0. The summed E-state index contributed by atoms with van der Waals surface area (Å²) in [6, 6.07) is 2.74. The first-order chi connectivity index (χ1) is 6.60. The van der Waals surface area contributed by atoms with Crippen molar-refractivity contribution < 1.29 is 13.5 Å². The fraction of sp³-hybridized carbons (Fsp3) is 0.250. The minimum absolute atomic E-state index is 0.0998. The number of nitriles is 1. The van der Waals surface area contributed by atoms with Gasteiger partial charge in [0, 0.05) is 5.56 Å². The zero-order chi connectivity index (χ0) is 10.7. The standard InChI is InChI=1S/C8H5BrF2N2O/c1-14-8-5(3-12)4(7(10)11)2-6(9)13-8/h2,7H,1H3. The lowest BCUT2D eigenvalue weighted by Gasteiger charge is -2.07. The van der Waals surface area contributed by atoms with Crippen LogP contribution in [0.4, 0.5) is 8.78 Å². The van der Waals surface area contributed by atoms with Crippen molar-refractivity contribution in [3.8, 4) is 11.9 Å². The molecule has 0 radical (unpaired) electrons. The molecule has 0 unspecified atom stereocenters. The van der Waals surface area contributed by atoms with Crippen LogP contribution in [0.5, 0.6) is 5.88 Å². The van der Waals surface area contributed by atoms with Crippen molar-refractivity contribution in [2.75, 3.05) is 7.11 Å². The summed E-state index contributed by atoms with van der Waals surface area (Å²) in [6.07, 6.45) is -2.72. The minimum Gasteiger partial charge on any atom is -0.480 e. The van der Waals surface area contributed by atoms with Crippen LogP contribution in [0.15, 0.2) is 10.7 Å². The summed E-state index contributed by atoms with van der Waals surface area (Å²) < 4.78 is 29.8. The van der Waals surface area contributed by atoms with Crippen molar-refractivity contribution in [2.24, 2.45) is 0 Å². The molecule has 0 saturated heterocycles. The van der Waals surface area contributed by atoms with Gasteiger partial charge in [-0.2, -0.15) is 5.26 Å². The molecule has 1 rings (SSSR count). The van der Waals surface area contributed by atoms with E-state index in [1.54, 1.807) is 6.07 Å². The molecule has 74 valence electrons. The monoisotopic (exact) mass is 262 g/mol. The molecule has 0 aromatic carbocycles. The van der Waals surface area contributed by atoms with E-state index in [0.29, 0.717) is 0 Å². The van der Waals surface area contributed by atoms with E-state index < -0.39 is 6.43 Å². The Morgan fingerprint density at radius 3 is 2.71 bits per heavy atom. The third-order valence-electron chi connectivity index (χ3n) is 1.53. The minimum atomic E-state index is -2.72. The van der Waals surface area contributed by atoms with Gasteiger partial charge in [-0.1, -0.05) is 0 Å². The maximum atomic E-state index is 12.5. The first kappa shape index (κ1) is 10.9. The van der Waals surface area contributed by atoms with Crippen LogP contribution in [0.1, 0.15) is 17.6 Å². The van der Waals surface area contributed by atoms with Crippen molar-refractivity contribution in [1.29, 1.82) is 5.26 Å². The van der Waals surface area contributed by atoms with Crippen LogP contribution in [0.3, 0.4) is 0 Å². The largest absolute Gasteiger partial charge is 0.480 e. The Hall–Kier alpha value is -1.22. The molecule has 1 aromatic heterocycles. The first-order valence-electron chi connectivity index (χ1n) is 3.52. The maximum Gasteiger partial charge on any atom is 0.265 e. The average Bonchev–Trinajstić information content (AvgIpc) is 2.16. The van der Waals surface area contributed by atoms with Gasteiger partial charge in [-0.25, -0.2) is 13.8 Å². The molecule has 0 saturated carbocycles. The Kier molecular flexibility index (Phi) is 3.36. The zero-order valence-electron chi connectivity index (χ0n) is 7.09. The van der Waals surface area contributed by atoms with E-state index in [1.807, 2.05) is 0 Å². The third-order valence-corrected chi connectivity index (χ3v) is 1.93. The van der Waals surface area contributed by atoms with E-state index in [2.05, 4.69) is 20.9 Å². The van der Waals surface area contributed by atoms with Crippen LogP contribution >= 0.6 is 15.9 Å². The van der Waals surface area contributed by atoms with Crippen LogP contribution in [0.2, 0.25) is 0 Å². The highest BCUT2D eigenvalue weighted by Gasteiger charge is 2.19. The van der Waals surface area contributed by atoms with Gasteiger partial charge in [0.25, 0.3) is 6.43 Å². The number of hydrogen-bond acceptors (Lipinski definition) is 3. The summed E-state index contributed by atoms with van der Waals surface area (Å²) in [5.74, 6) is -0.0998. The molecule has 0 atom stereocenters. The Balaban J connectivity index is 3.41. The second kappa shape index (κ2) is 4.33. The van der Waals surface area contributed by atoms with Crippen LogP contribution < -0.4 is 4.74 Å². The number of ether oxygens (including phenoxy) is 1. The zero-order valence-corrected chi connectivity index (χ0v) is 8.68. The SMILES string of the molecule is COc1nc(Br)cc(C(F)F)c1C#N. The molecule has 0 N–H and O–H groups in total. The highest BCUT2D eigenvalue weighted by atomic mass is 79.9. The number of pyridine rings is 1. The quantitative estimate of drug-likeness (QED) is 0.770. The van der Waals surface area contributed by atoms with Crippen LogP contribution in [-0.2, 0) is 0 Å². The molecule has 14 heavy (non-hydrogen) atoms. The van der Waals surface area contributed by atoms with E-state index in [9.17, 15) is 8.78 Å². The summed E-state index contributed by atoms with van der Waals surface area (Å²) in [4.78, 5) is 3.74. The second-order valence-corrected chi connectivity index (χ2v) is 3.14. The van der Waals surface area contributed by atoms with Crippen LogP contribution in [0.25, 0.3) is 0 Å². The molecule has 0 spiro atoms. The Morgan fingerprint density at radius 1 is 1.64 bits per heavy atom. The lowest BCUT2D eigenvalue weighted by atomic mass is 10.1. The van der Waals surface area contributed by atoms with E-state index >= 15 is 0 Å². The van der Waals surface area contributed by atoms with Gasteiger partial charge in [-0.3, -0.25) is 0 Å². The third kappa shape index (κ3) is 1.99. The summed E-state index contributed by atoms with van der Waals surface area (Å²) in [7, 11) is 1.27. The summed E-state index contributed by atoms with van der Waals surface area (Å²) >= 11 is 2.95.